The standard InChI is InChI=1S/C16H27N3OS/c1-3-14-10-18-16(21-14)12(2)17-11-15(20)19-13-8-6-4-5-7-9-13/h10,12-13,17H,3-9,11H2,1-2H3,(H,19,20). The van der Waals surface area contributed by atoms with Crippen LogP contribution in [0.5, 0.6) is 0 Å². The predicted octanol–water partition coefficient (Wildman–Crippen LogP) is 3.20. The van der Waals surface area contributed by atoms with Gasteiger partial charge in [-0.05, 0) is 26.2 Å². The Bertz CT molecular complexity index is 438. The molecule has 21 heavy (non-hydrogen) atoms. The fourth-order valence-electron chi connectivity index (χ4n) is 2.72. The van der Waals surface area contributed by atoms with Gasteiger partial charge in [0.2, 0.25) is 5.91 Å². The van der Waals surface area contributed by atoms with Crippen LogP contribution in [0, 0.1) is 0 Å². The average Bonchev–Trinajstić information content (AvgIpc) is 2.83. The van der Waals surface area contributed by atoms with Crippen LogP contribution < -0.4 is 10.6 Å². The second-order valence-corrected chi connectivity index (χ2v) is 7.02. The summed E-state index contributed by atoms with van der Waals surface area (Å²) in [5, 5.41) is 7.50. The molecule has 118 valence electrons. The molecule has 1 aromatic rings. The third-order valence-electron chi connectivity index (χ3n) is 4.08. The fraction of sp³-hybridized carbons (Fsp3) is 0.750. The summed E-state index contributed by atoms with van der Waals surface area (Å²) in [6.07, 6.45) is 10.3. The lowest BCUT2D eigenvalue weighted by molar-refractivity contribution is -0.121. The minimum atomic E-state index is 0.112. The SMILES string of the molecule is CCc1cnc(C(C)NCC(=O)NC2CCCCCC2)s1. The zero-order chi connectivity index (χ0) is 15.1. The predicted molar refractivity (Wildman–Crippen MR) is 87.5 cm³/mol. The molecule has 4 nitrogen and oxygen atoms in total. The Morgan fingerprint density at radius 1 is 1.38 bits per heavy atom. The first kappa shape index (κ1) is 16.4. The zero-order valence-electron chi connectivity index (χ0n) is 13.2. The largest absolute Gasteiger partial charge is 0.352 e. The summed E-state index contributed by atoms with van der Waals surface area (Å²) in [5.74, 6) is 0.112. The van der Waals surface area contributed by atoms with Gasteiger partial charge in [-0.15, -0.1) is 11.3 Å². The van der Waals surface area contributed by atoms with Gasteiger partial charge in [0.15, 0.2) is 0 Å². The fourth-order valence-corrected chi connectivity index (χ4v) is 3.61. The minimum Gasteiger partial charge on any atom is -0.352 e. The first-order valence-corrected chi connectivity index (χ1v) is 8.98. The molecule has 0 spiro atoms. The topological polar surface area (TPSA) is 54.0 Å². The van der Waals surface area contributed by atoms with Gasteiger partial charge < -0.3 is 5.32 Å². The summed E-state index contributed by atoms with van der Waals surface area (Å²) in [6.45, 7) is 4.57. The molecule has 1 fully saturated rings. The van der Waals surface area contributed by atoms with Crippen LogP contribution in [0.1, 0.15) is 68.3 Å². The van der Waals surface area contributed by atoms with Crippen molar-refractivity contribution in [2.75, 3.05) is 6.54 Å². The maximum absolute atomic E-state index is 12.0. The summed E-state index contributed by atoms with van der Waals surface area (Å²) >= 11 is 1.73. The monoisotopic (exact) mass is 309 g/mol. The number of amides is 1. The third kappa shape index (κ3) is 5.40. The summed E-state index contributed by atoms with van der Waals surface area (Å²) < 4.78 is 0. The Balaban J connectivity index is 1.72. The van der Waals surface area contributed by atoms with Crippen molar-refractivity contribution in [3.05, 3.63) is 16.1 Å². The number of aryl methyl sites for hydroxylation is 1. The molecule has 1 aliphatic carbocycles. The van der Waals surface area contributed by atoms with E-state index in [-0.39, 0.29) is 11.9 Å². The highest BCUT2D eigenvalue weighted by molar-refractivity contribution is 7.11. The van der Waals surface area contributed by atoms with E-state index in [2.05, 4.69) is 29.5 Å². The van der Waals surface area contributed by atoms with Crippen molar-refractivity contribution in [3.8, 4) is 0 Å². The van der Waals surface area contributed by atoms with Crippen LogP contribution in [0.15, 0.2) is 6.20 Å². The summed E-state index contributed by atoms with van der Waals surface area (Å²) in [6, 6.07) is 0.513. The molecule has 0 aliphatic heterocycles. The molecule has 5 heteroatoms. The van der Waals surface area contributed by atoms with Crippen LogP contribution in [-0.4, -0.2) is 23.5 Å². The Kier molecular flexibility index (Phi) is 6.64. The van der Waals surface area contributed by atoms with Gasteiger partial charge in [-0.25, -0.2) is 4.98 Å². The van der Waals surface area contributed by atoms with Crippen LogP contribution in [0.4, 0.5) is 0 Å². The third-order valence-corrected chi connectivity index (χ3v) is 5.40. The van der Waals surface area contributed by atoms with Gasteiger partial charge in [-0.1, -0.05) is 32.6 Å². The van der Waals surface area contributed by atoms with Crippen molar-refractivity contribution < 1.29 is 4.79 Å². The average molecular weight is 309 g/mol. The molecule has 1 saturated carbocycles. The van der Waals surface area contributed by atoms with Crippen LogP contribution >= 0.6 is 11.3 Å². The van der Waals surface area contributed by atoms with E-state index >= 15 is 0 Å². The molecule has 2 rings (SSSR count). The number of nitrogens with zero attached hydrogens (tertiary/aromatic N) is 1. The molecule has 1 aliphatic rings. The van der Waals surface area contributed by atoms with E-state index < -0.39 is 0 Å². The van der Waals surface area contributed by atoms with E-state index in [0.29, 0.717) is 12.6 Å². The van der Waals surface area contributed by atoms with E-state index in [1.807, 2.05) is 6.20 Å². The maximum Gasteiger partial charge on any atom is 0.234 e. The van der Waals surface area contributed by atoms with E-state index in [9.17, 15) is 4.79 Å². The highest BCUT2D eigenvalue weighted by Crippen LogP contribution is 2.20. The van der Waals surface area contributed by atoms with Crippen molar-refractivity contribution in [1.29, 1.82) is 0 Å². The van der Waals surface area contributed by atoms with Crippen LogP contribution in [0.2, 0.25) is 0 Å². The molecular formula is C16H27N3OS. The number of thiazole rings is 1. The Morgan fingerprint density at radius 2 is 2.10 bits per heavy atom. The van der Waals surface area contributed by atoms with Gasteiger partial charge in [-0.2, -0.15) is 0 Å². The van der Waals surface area contributed by atoms with Crippen LogP contribution in [0.25, 0.3) is 0 Å². The van der Waals surface area contributed by atoms with Crippen molar-refractivity contribution in [2.24, 2.45) is 0 Å². The number of hydrogen-bond donors (Lipinski definition) is 2. The quantitative estimate of drug-likeness (QED) is 0.794. The van der Waals surface area contributed by atoms with Crippen molar-refractivity contribution in [2.45, 2.75) is 70.9 Å². The number of carbonyl (C=O) groups excluding carboxylic acids is 1. The van der Waals surface area contributed by atoms with Crippen LogP contribution in [0.3, 0.4) is 0 Å². The van der Waals surface area contributed by atoms with Crippen LogP contribution in [-0.2, 0) is 11.2 Å². The first-order chi connectivity index (χ1) is 10.2. The number of rotatable bonds is 6. The lowest BCUT2D eigenvalue weighted by Gasteiger charge is -2.17. The van der Waals surface area contributed by atoms with E-state index in [0.717, 1.165) is 24.3 Å². The van der Waals surface area contributed by atoms with Gasteiger partial charge in [0.05, 0.1) is 12.6 Å². The van der Waals surface area contributed by atoms with Crippen molar-refractivity contribution in [1.82, 2.24) is 15.6 Å². The molecule has 0 radical (unpaired) electrons. The van der Waals surface area contributed by atoms with E-state index in [1.54, 1.807) is 11.3 Å². The molecule has 0 bridgehead atoms. The Morgan fingerprint density at radius 3 is 2.71 bits per heavy atom. The van der Waals surface area contributed by atoms with Crippen molar-refractivity contribution in [3.63, 3.8) is 0 Å². The highest BCUT2D eigenvalue weighted by atomic mass is 32.1. The van der Waals surface area contributed by atoms with E-state index in [1.165, 1.54) is 30.6 Å². The molecule has 1 atom stereocenters. The molecule has 0 aromatic carbocycles. The maximum atomic E-state index is 12.0. The summed E-state index contributed by atoms with van der Waals surface area (Å²) in [7, 11) is 0. The first-order valence-electron chi connectivity index (χ1n) is 8.16. The molecule has 1 unspecified atom stereocenters. The minimum absolute atomic E-state index is 0.112. The second kappa shape index (κ2) is 8.49. The van der Waals surface area contributed by atoms with E-state index in [4.69, 9.17) is 0 Å². The Hall–Kier alpha value is -0.940. The van der Waals surface area contributed by atoms with Crippen molar-refractivity contribution >= 4 is 17.2 Å². The number of aromatic nitrogens is 1. The molecule has 1 aromatic heterocycles. The smallest absolute Gasteiger partial charge is 0.234 e. The molecule has 1 amide bonds. The zero-order valence-corrected chi connectivity index (χ0v) is 14.0. The summed E-state index contributed by atoms with van der Waals surface area (Å²) in [5.41, 5.74) is 0. The number of carbonyl (C=O) groups is 1. The van der Waals surface area contributed by atoms with Gasteiger partial charge in [-0.3, -0.25) is 10.1 Å². The number of nitrogens with one attached hydrogen (secondary N) is 2. The highest BCUT2D eigenvalue weighted by Gasteiger charge is 2.16. The molecular weight excluding hydrogens is 282 g/mol. The lowest BCUT2D eigenvalue weighted by Crippen LogP contribution is -2.40. The molecule has 1 heterocycles. The van der Waals surface area contributed by atoms with Gasteiger partial charge in [0.25, 0.3) is 0 Å². The molecule has 0 saturated heterocycles. The molecule has 2 N–H and O–H groups in total. The summed E-state index contributed by atoms with van der Waals surface area (Å²) in [4.78, 5) is 17.7. The lowest BCUT2D eigenvalue weighted by atomic mass is 10.1. The van der Waals surface area contributed by atoms with Gasteiger partial charge in [0.1, 0.15) is 5.01 Å². The normalized spacial score (nSPS) is 18.2. The van der Waals surface area contributed by atoms with Gasteiger partial charge >= 0.3 is 0 Å². The number of hydrogen-bond acceptors (Lipinski definition) is 4. The van der Waals surface area contributed by atoms with Gasteiger partial charge in [0, 0.05) is 17.1 Å². The Labute approximate surface area is 131 Å². The second-order valence-electron chi connectivity index (χ2n) is 5.88.